The zero-order valence-corrected chi connectivity index (χ0v) is 13.8. The van der Waals surface area contributed by atoms with Crippen LogP contribution in [0.3, 0.4) is 0 Å². The molecule has 2 aromatic rings. The molecule has 1 N–H and O–H groups in total. The maximum absolute atomic E-state index is 12.4. The molecule has 24 heavy (non-hydrogen) atoms. The summed E-state index contributed by atoms with van der Waals surface area (Å²) in [6, 6.07) is 8.89. The van der Waals surface area contributed by atoms with Gasteiger partial charge in [0.25, 0.3) is 5.91 Å². The summed E-state index contributed by atoms with van der Waals surface area (Å²) in [6.07, 6.45) is 1.42. The van der Waals surface area contributed by atoms with Crippen molar-refractivity contribution < 1.29 is 14.3 Å². The second-order valence-electron chi connectivity index (χ2n) is 5.29. The molecule has 1 aliphatic heterocycles. The van der Waals surface area contributed by atoms with Crippen LogP contribution in [-0.2, 0) is 4.79 Å². The molecule has 122 valence electrons. The summed E-state index contributed by atoms with van der Waals surface area (Å²) in [5, 5.41) is 9.69. The Morgan fingerprint density at radius 1 is 1.29 bits per heavy atom. The number of halogens is 1. The van der Waals surface area contributed by atoms with Crippen LogP contribution < -0.4 is 14.9 Å². The molecule has 0 spiro atoms. The minimum Gasteiger partial charge on any atom is -0.454 e. The van der Waals surface area contributed by atoms with E-state index in [9.17, 15) is 10.1 Å². The second-order valence-corrected chi connectivity index (χ2v) is 5.70. The zero-order chi connectivity index (χ0) is 17.3. The fourth-order valence-electron chi connectivity index (χ4n) is 2.35. The Bertz CT molecular complexity index is 874. The van der Waals surface area contributed by atoms with E-state index in [4.69, 9.17) is 21.1 Å². The highest BCUT2D eigenvalue weighted by atomic mass is 35.5. The molecule has 1 aliphatic rings. The van der Waals surface area contributed by atoms with Crippen molar-refractivity contribution in [2.45, 2.75) is 13.8 Å². The number of hydrogen-bond acceptors (Lipinski definition) is 4. The van der Waals surface area contributed by atoms with Crippen molar-refractivity contribution in [1.82, 2.24) is 4.68 Å². The molecule has 0 unspecified atom stereocenters. The van der Waals surface area contributed by atoms with E-state index in [1.165, 1.54) is 6.08 Å². The first-order valence-electron chi connectivity index (χ1n) is 7.17. The molecule has 6 nitrogen and oxygen atoms in total. The van der Waals surface area contributed by atoms with Gasteiger partial charge in [0, 0.05) is 17.5 Å². The Balaban J connectivity index is 1.90. The Labute approximate surface area is 143 Å². The van der Waals surface area contributed by atoms with Gasteiger partial charge < -0.3 is 9.47 Å². The van der Waals surface area contributed by atoms with Gasteiger partial charge in [0.2, 0.25) is 6.79 Å². The van der Waals surface area contributed by atoms with Gasteiger partial charge in [0.1, 0.15) is 11.6 Å². The van der Waals surface area contributed by atoms with E-state index in [2.05, 4.69) is 5.43 Å². The van der Waals surface area contributed by atoms with Crippen LogP contribution in [0.15, 0.2) is 29.8 Å². The Morgan fingerprint density at radius 2 is 1.92 bits per heavy atom. The topological polar surface area (TPSA) is 76.3 Å². The zero-order valence-electron chi connectivity index (χ0n) is 13.1. The number of nitrogens with one attached hydrogen (secondary N) is 1. The van der Waals surface area contributed by atoms with Crippen LogP contribution in [0.4, 0.5) is 0 Å². The van der Waals surface area contributed by atoms with Crippen molar-refractivity contribution in [1.29, 1.82) is 5.26 Å². The largest absolute Gasteiger partial charge is 0.454 e. The molecule has 0 saturated heterocycles. The number of hydrogen-bond donors (Lipinski definition) is 1. The first-order valence-corrected chi connectivity index (χ1v) is 7.54. The number of benzene rings is 1. The average Bonchev–Trinajstić information content (AvgIpc) is 3.13. The number of fused-ring (bicyclic) bond motifs is 1. The van der Waals surface area contributed by atoms with Crippen LogP contribution in [0.1, 0.15) is 17.0 Å². The number of aromatic nitrogens is 1. The van der Waals surface area contributed by atoms with Gasteiger partial charge in [-0.15, -0.1) is 0 Å². The van der Waals surface area contributed by atoms with Crippen molar-refractivity contribution >= 4 is 23.6 Å². The van der Waals surface area contributed by atoms with E-state index in [-0.39, 0.29) is 12.4 Å². The van der Waals surface area contributed by atoms with Crippen molar-refractivity contribution in [3.8, 4) is 17.6 Å². The van der Waals surface area contributed by atoms with Crippen LogP contribution in [0.25, 0.3) is 6.08 Å². The van der Waals surface area contributed by atoms with E-state index < -0.39 is 5.91 Å². The van der Waals surface area contributed by atoms with Gasteiger partial charge in [-0.05, 0) is 43.7 Å². The van der Waals surface area contributed by atoms with Gasteiger partial charge in [0.05, 0.1) is 5.02 Å². The maximum Gasteiger partial charge on any atom is 0.280 e. The van der Waals surface area contributed by atoms with E-state index in [0.717, 1.165) is 11.4 Å². The molecule has 1 aromatic heterocycles. The molecule has 0 fully saturated rings. The number of carbonyl (C=O) groups is 1. The fourth-order valence-corrected chi connectivity index (χ4v) is 2.56. The van der Waals surface area contributed by atoms with Gasteiger partial charge >= 0.3 is 0 Å². The Kier molecular flexibility index (Phi) is 4.19. The number of nitrogens with zero attached hydrogens (tertiary/aromatic N) is 2. The maximum atomic E-state index is 12.4. The Hall–Kier alpha value is -2.91. The third-order valence-corrected chi connectivity index (χ3v) is 3.97. The van der Waals surface area contributed by atoms with Gasteiger partial charge in [-0.3, -0.25) is 14.9 Å². The molecule has 7 heteroatoms. The molecule has 2 heterocycles. The fraction of sp³-hybridized carbons (Fsp3) is 0.176. The quantitative estimate of drug-likeness (QED) is 0.686. The Morgan fingerprint density at radius 3 is 2.54 bits per heavy atom. The van der Waals surface area contributed by atoms with Crippen LogP contribution in [0.2, 0.25) is 5.02 Å². The third kappa shape index (κ3) is 2.94. The van der Waals surface area contributed by atoms with Crippen LogP contribution in [0, 0.1) is 25.2 Å². The predicted octanol–water partition coefficient (Wildman–Crippen LogP) is 3.16. The summed E-state index contributed by atoms with van der Waals surface area (Å²) < 4.78 is 12.1. The van der Waals surface area contributed by atoms with E-state index in [0.29, 0.717) is 22.1 Å². The van der Waals surface area contributed by atoms with Gasteiger partial charge in [-0.25, -0.2) is 0 Å². The number of nitriles is 1. The van der Waals surface area contributed by atoms with Crippen molar-refractivity contribution in [2.75, 3.05) is 12.2 Å². The average molecular weight is 344 g/mol. The molecule has 0 atom stereocenters. The monoisotopic (exact) mass is 343 g/mol. The minimum atomic E-state index is -0.520. The van der Waals surface area contributed by atoms with E-state index >= 15 is 0 Å². The van der Waals surface area contributed by atoms with Crippen molar-refractivity contribution in [3.63, 3.8) is 0 Å². The first kappa shape index (κ1) is 16.0. The smallest absolute Gasteiger partial charge is 0.280 e. The summed E-state index contributed by atoms with van der Waals surface area (Å²) in [5.74, 6) is 0.549. The van der Waals surface area contributed by atoms with E-state index in [1.54, 1.807) is 16.8 Å². The normalized spacial score (nSPS) is 12.8. The van der Waals surface area contributed by atoms with Crippen LogP contribution in [-0.4, -0.2) is 17.4 Å². The van der Waals surface area contributed by atoms with Crippen molar-refractivity contribution in [3.05, 3.63) is 51.8 Å². The summed E-state index contributed by atoms with van der Waals surface area (Å²) in [4.78, 5) is 12.4. The molecule has 0 radical (unpaired) electrons. The summed E-state index contributed by atoms with van der Waals surface area (Å²) in [5.41, 5.74) is 4.85. The van der Waals surface area contributed by atoms with E-state index in [1.807, 2.05) is 32.0 Å². The van der Waals surface area contributed by atoms with Crippen LogP contribution in [0.5, 0.6) is 11.5 Å². The molecule has 1 aromatic carbocycles. The molecule has 1 amide bonds. The number of ether oxygens (including phenoxy) is 2. The minimum absolute atomic E-state index is 0.0664. The van der Waals surface area contributed by atoms with Gasteiger partial charge in [-0.2, -0.15) is 5.26 Å². The number of carbonyl (C=O) groups excluding carboxylic acids is 1. The lowest BCUT2D eigenvalue weighted by atomic mass is 10.1. The van der Waals surface area contributed by atoms with Crippen molar-refractivity contribution in [2.24, 2.45) is 0 Å². The standard InChI is InChI=1S/C17H14ClN3O3/c1-10-3-4-11(2)21(10)20-17(22)13(8-19)5-12-6-15-16(7-14(12)18)24-9-23-15/h3-7H,9H2,1-2H3,(H,20,22)/b13-5+. The lowest BCUT2D eigenvalue weighted by molar-refractivity contribution is -0.113. The lowest BCUT2D eigenvalue weighted by Crippen LogP contribution is -2.25. The number of aryl methyl sites for hydroxylation is 2. The van der Waals surface area contributed by atoms with Gasteiger partial charge in [0.15, 0.2) is 11.5 Å². The molecule has 0 aliphatic carbocycles. The van der Waals surface area contributed by atoms with Crippen LogP contribution >= 0.6 is 11.6 Å². The molecule has 3 rings (SSSR count). The predicted molar refractivity (Wildman–Crippen MR) is 89.4 cm³/mol. The van der Waals surface area contributed by atoms with Gasteiger partial charge in [-0.1, -0.05) is 11.6 Å². The summed E-state index contributed by atoms with van der Waals surface area (Å²) in [7, 11) is 0. The highest BCUT2D eigenvalue weighted by Gasteiger charge is 2.18. The molecular formula is C17H14ClN3O3. The third-order valence-electron chi connectivity index (χ3n) is 3.64. The molecule has 0 bridgehead atoms. The highest BCUT2D eigenvalue weighted by Crippen LogP contribution is 2.37. The first-order chi connectivity index (χ1) is 11.5. The molecular weight excluding hydrogens is 330 g/mol. The molecule has 0 saturated carbocycles. The summed E-state index contributed by atoms with van der Waals surface area (Å²) in [6.45, 7) is 3.84. The SMILES string of the molecule is Cc1ccc(C)n1NC(=O)/C(C#N)=C/c1cc2c(cc1Cl)OCO2. The number of rotatable bonds is 3. The second kappa shape index (κ2) is 6.30. The lowest BCUT2D eigenvalue weighted by Gasteiger charge is -2.10. The summed E-state index contributed by atoms with van der Waals surface area (Å²) >= 11 is 6.18. The number of amides is 1. The highest BCUT2D eigenvalue weighted by molar-refractivity contribution is 6.32.